The number of anilines is 4. The van der Waals surface area contributed by atoms with Gasteiger partial charge in [0.25, 0.3) is 0 Å². The average molecular weight is 270 g/mol. The van der Waals surface area contributed by atoms with Crippen LogP contribution in [-0.2, 0) is 0 Å². The Labute approximate surface area is 120 Å². The van der Waals surface area contributed by atoms with Crippen molar-refractivity contribution in [1.29, 1.82) is 0 Å². The highest BCUT2D eigenvalue weighted by atomic mass is 15.1. The molecule has 1 heterocycles. The molecular weight excluding hydrogens is 248 g/mol. The third-order valence-corrected chi connectivity index (χ3v) is 2.99. The molecule has 0 aliphatic rings. The van der Waals surface area contributed by atoms with Gasteiger partial charge in [0.2, 0.25) is 0 Å². The van der Waals surface area contributed by atoms with Gasteiger partial charge in [-0.2, -0.15) is 0 Å². The monoisotopic (exact) mass is 270 g/mol. The zero-order valence-electron chi connectivity index (χ0n) is 12.4. The van der Waals surface area contributed by atoms with E-state index in [1.54, 1.807) is 0 Å². The number of hydrogen-bond acceptors (Lipinski definition) is 4. The summed E-state index contributed by atoms with van der Waals surface area (Å²) in [6.07, 6.45) is 4.77. The van der Waals surface area contributed by atoms with E-state index in [2.05, 4.69) is 57.8 Å². The highest BCUT2D eigenvalue weighted by Crippen LogP contribution is 2.21. The minimum atomic E-state index is 0.961. The molecule has 0 bridgehead atoms. The van der Waals surface area contributed by atoms with Crippen molar-refractivity contribution in [2.45, 2.75) is 13.3 Å². The molecule has 106 valence electrons. The summed E-state index contributed by atoms with van der Waals surface area (Å²) in [5.74, 6) is 0. The van der Waals surface area contributed by atoms with E-state index >= 15 is 0 Å². The van der Waals surface area contributed by atoms with E-state index in [1.165, 1.54) is 5.69 Å². The Morgan fingerprint density at radius 3 is 2.35 bits per heavy atom. The number of aromatic nitrogens is 1. The molecule has 0 spiro atoms. The Hall–Kier alpha value is -2.23. The summed E-state index contributed by atoms with van der Waals surface area (Å²) in [5, 5.41) is 6.70. The molecule has 2 N–H and O–H groups in total. The Balaban J connectivity index is 2.05. The van der Waals surface area contributed by atoms with Gasteiger partial charge in [-0.3, -0.25) is 4.98 Å². The molecule has 0 fully saturated rings. The summed E-state index contributed by atoms with van der Waals surface area (Å²) in [4.78, 5) is 6.33. The summed E-state index contributed by atoms with van der Waals surface area (Å²) in [6, 6.07) is 10.4. The molecule has 0 saturated carbocycles. The lowest BCUT2D eigenvalue weighted by molar-refractivity contribution is 0.978. The van der Waals surface area contributed by atoms with E-state index in [4.69, 9.17) is 0 Å². The van der Waals surface area contributed by atoms with Crippen LogP contribution in [-0.4, -0.2) is 25.6 Å². The largest absolute Gasteiger partial charge is 0.384 e. The van der Waals surface area contributed by atoms with Gasteiger partial charge >= 0.3 is 0 Å². The van der Waals surface area contributed by atoms with Crippen molar-refractivity contribution in [3.05, 3.63) is 42.7 Å². The number of pyridine rings is 1. The SMILES string of the molecule is CCCNc1cncc(Nc2ccc(N(C)C)cc2)c1. The smallest absolute Gasteiger partial charge is 0.0591 e. The van der Waals surface area contributed by atoms with E-state index in [0.29, 0.717) is 0 Å². The van der Waals surface area contributed by atoms with Crippen LogP contribution in [0.4, 0.5) is 22.7 Å². The molecule has 2 rings (SSSR count). The van der Waals surface area contributed by atoms with Crippen LogP contribution in [0, 0.1) is 0 Å². The fourth-order valence-corrected chi connectivity index (χ4v) is 1.88. The van der Waals surface area contributed by atoms with E-state index in [9.17, 15) is 0 Å². The molecule has 4 heteroatoms. The van der Waals surface area contributed by atoms with E-state index in [0.717, 1.165) is 30.0 Å². The second-order valence-corrected chi connectivity index (χ2v) is 4.96. The quantitative estimate of drug-likeness (QED) is 0.839. The average Bonchev–Trinajstić information content (AvgIpc) is 2.46. The van der Waals surface area contributed by atoms with E-state index < -0.39 is 0 Å². The van der Waals surface area contributed by atoms with Gasteiger partial charge in [0.15, 0.2) is 0 Å². The fraction of sp³-hybridized carbons (Fsp3) is 0.312. The van der Waals surface area contributed by atoms with Crippen LogP contribution in [0.5, 0.6) is 0 Å². The van der Waals surface area contributed by atoms with Crippen molar-refractivity contribution in [1.82, 2.24) is 4.98 Å². The molecule has 0 amide bonds. The van der Waals surface area contributed by atoms with Crippen molar-refractivity contribution in [3.63, 3.8) is 0 Å². The maximum Gasteiger partial charge on any atom is 0.0591 e. The Bertz CT molecular complexity index is 534. The summed E-state index contributed by atoms with van der Waals surface area (Å²) in [7, 11) is 4.07. The summed E-state index contributed by atoms with van der Waals surface area (Å²) >= 11 is 0. The molecule has 1 aromatic heterocycles. The van der Waals surface area contributed by atoms with Gasteiger partial charge in [-0.25, -0.2) is 0 Å². The Morgan fingerprint density at radius 2 is 1.70 bits per heavy atom. The Kier molecular flexibility index (Phi) is 4.82. The zero-order valence-corrected chi connectivity index (χ0v) is 12.4. The summed E-state index contributed by atoms with van der Waals surface area (Å²) in [6.45, 7) is 3.11. The lowest BCUT2D eigenvalue weighted by Gasteiger charge is -2.13. The van der Waals surface area contributed by atoms with Gasteiger partial charge in [0, 0.05) is 32.0 Å². The fourth-order valence-electron chi connectivity index (χ4n) is 1.88. The predicted molar refractivity (Wildman–Crippen MR) is 87.1 cm³/mol. The van der Waals surface area contributed by atoms with Gasteiger partial charge < -0.3 is 15.5 Å². The van der Waals surface area contributed by atoms with Crippen molar-refractivity contribution in [2.75, 3.05) is 36.2 Å². The summed E-state index contributed by atoms with van der Waals surface area (Å²) in [5.41, 5.74) is 4.28. The predicted octanol–water partition coefficient (Wildman–Crippen LogP) is 3.71. The highest BCUT2D eigenvalue weighted by molar-refractivity contribution is 5.65. The maximum atomic E-state index is 4.25. The first-order valence-corrected chi connectivity index (χ1v) is 6.92. The first-order chi connectivity index (χ1) is 9.69. The van der Waals surface area contributed by atoms with Crippen LogP contribution in [0.25, 0.3) is 0 Å². The molecule has 4 nitrogen and oxygen atoms in total. The third kappa shape index (κ3) is 3.88. The summed E-state index contributed by atoms with van der Waals surface area (Å²) < 4.78 is 0. The number of nitrogens with zero attached hydrogens (tertiary/aromatic N) is 2. The second kappa shape index (κ2) is 6.80. The van der Waals surface area contributed by atoms with Gasteiger partial charge in [-0.15, -0.1) is 0 Å². The topological polar surface area (TPSA) is 40.2 Å². The van der Waals surface area contributed by atoms with Crippen LogP contribution in [0.1, 0.15) is 13.3 Å². The van der Waals surface area contributed by atoms with Gasteiger partial charge in [0.1, 0.15) is 0 Å². The van der Waals surface area contributed by atoms with Crippen molar-refractivity contribution >= 4 is 22.7 Å². The molecule has 20 heavy (non-hydrogen) atoms. The normalized spacial score (nSPS) is 10.2. The second-order valence-electron chi connectivity index (χ2n) is 4.96. The van der Waals surface area contributed by atoms with Gasteiger partial charge in [0.05, 0.1) is 23.8 Å². The zero-order chi connectivity index (χ0) is 14.4. The lowest BCUT2D eigenvalue weighted by Crippen LogP contribution is -2.08. The minimum absolute atomic E-state index is 0.961. The lowest BCUT2D eigenvalue weighted by atomic mass is 10.2. The molecule has 1 aromatic carbocycles. The van der Waals surface area contributed by atoms with Crippen molar-refractivity contribution < 1.29 is 0 Å². The molecule has 0 aliphatic heterocycles. The van der Waals surface area contributed by atoms with Crippen LogP contribution >= 0.6 is 0 Å². The van der Waals surface area contributed by atoms with Gasteiger partial charge in [-0.05, 0) is 36.8 Å². The maximum absolute atomic E-state index is 4.25. The van der Waals surface area contributed by atoms with Crippen LogP contribution in [0.3, 0.4) is 0 Å². The molecule has 2 aromatic rings. The number of hydrogen-bond donors (Lipinski definition) is 2. The van der Waals surface area contributed by atoms with Crippen molar-refractivity contribution in [2.24, 2.45) is 0 Å². The molecule has 0 atom stereocenters. The molecular formula is C16H22N4. The molecule has 0 radical (unpaired) electrons. The third-order valence-electron chi connectivity index (χ3n) is 2.99. The standard InChI is InChI=1S/C16H22N4/c1-4-9-18-14-10-15(12-17-11-14)19-13-5-7-16(8-6-13)20(2)3/h5-8,10-12,18-19H,4,9H2,1-3H3. The van der Waals surface area contributed by atoms with Gasteiger partial charge in [-0.1, -0.05) is 6.92 Å². The van der Waals surface area contributed by atoms with E-state index in [-0.39, 0.29) is 0 Å². The Morgan fingerprint density at radius 1 is 1.00 bits per heavy atom. The molecule has 0 saturated heterocycles. The first-order valence-electron chi connectivity index (χ1n) is 6.92. The number of nitrogens with one attached hydrogen (secondary N) is 2. The number of benzene rings is 1. The molecule has 0 aliphatic carbocycles. The van der Waals surface area contributed by atoms with E-state index in [1.807, 2.05) is 26.5 Å². The molecule has 0 unspecified atom stereocenters. The minimum Gasteiger partial charge on any atom is -0.384 e. The van der Waals surface area contributed by atoms with Crippen LogP contribution in [0.15, 0.2) is 42.7 Å². The number of rotatable bonds is 6. The first kappa shape index (κ1) is 14.2. The van der Waals surface area contributed by atoms with Crippen molar-refractivity contribution in [3.8, 4) is 0 Å². The van der Waals surface area contributed by atoms with Crippen LogP contribution in [0.2, 0.25) is 0 Å². The van der Waals surface area contributed by atoms with Crippen LogP contribution < -0.4 is 15.5 Å². The highest BCUT2D eigenvalue weighted by Gasteiger charge is 1.99.